The number of nitrogens with zero attached hydrogens (tertiary/aromatic N) is 1. The summed E-state index contributed by atoms with van der Waals surface area (Å²) in [6.07, 6.45) is 1.75. The van der Waals surface area contributed by atoms with Gasteiger partial charge in [-0.25, -0.2) is 0 Å². The van der Waals surface area contributed by atoms with Crippen LogP contribution in [0.3, 0.4) is 0 Å². The number of phenolic OH excluding ortho intramolecular Hbond substituents is 1. The van der Waals surface area contributed by atoms with Crippen LogP contribution in [-0.2, 0) is 0 Å². The van der Waals surface area contributed by atoms with E-state index in [0.717, 1.165) is 27.9 Å². The van der Waals surface area contributed by atoms with Crippen LogP contribution in [0, 0.1) is 0 Å². The Morgan fingerprint density at radius 3 is 1.63 bits per heavy atom. The zero-order chi connectivity index (χ0) is 18.5. The number of hydrogen-bond acceptors (Lipinski definition) is 2. The topological polar surface area (TPSA) is 32.6 Å². The minimum atomic E-state index is 0.238. The minimum Gasteiger partial charge on any atom is -0.507 e. The summed E-state index contributed by atoms with van der Waals surface area (Å²) >= 11 is 0. The lowest BCUT2D eigenvalue weighted by molar-refractivity contribution is 0.477. The van der Waals surface area contributed by atoms with Crippen LogP contribution >= 0.6 is 0 Å². The van der Waals surface area contributed by atoms with E-state index in [1.165, 1.54) is 0 Å². The zero-order valence-electron chi connectivity index (χ0n) is 14.8. The van der Waals surface area contributed by atoms with Gasteiger partial charge in [-0.1, -0.05) is 84.9 Å². The molecule has 0 aliphatic rings. The van der Waals surface area contributed by atoms with Gasteiger partial charge in [0.15, 0.2) is 0 Å². The third-order valence-corrected chi connectivity index (χ3v) is 4.49. The molecule has 0 bridgehead atoms. The largest absolute Gasteiger partial charge is 0.507 e. The highest BCUT2D eigenvalue weighted by Crippen LogP contribution is 2.37. The molecule has 0 fully saturated rings. The molecule has 0 amide bonds. The molecule has 130 valence electrons. The second kappa shape index (κ2) is 7.71. The Bertz CT molecular complexity index is 1060. The van der Waals surface area contributed by atoms with Gasteiger partial charge in [0, 0.05) is 17.3 Å². The molecule has 0 radical (unpaired) electrons. The summed E-state index contributed by atoms with van der Waals surface area (Å²) in [5, 5.41) is 11.1. The molecule has 0 heterocycles. The highest BCUT2D eigenvalue weighted by atomic mass is 16.3. The molecular weight excluding hydrogens is 330 g/mol. The van der Waals surface area contributed by atoms with Crippen molar-refractivity contribution in [2.45, 2.75) is 0 Å². The summed E-state index contributed by atoms with van der Waals surface area (Å²) < 4.78 is 0. The first-order valence-electron chi connectivity index (χ1n) is 8.89. The van der Waals surface area contributed by atoms with Gasteiger partial charge in [-0.3, -0.25) is 4.99 Å². The average Bonchev–Trinajstić information content (AvgIpc) is 2.74. The molecule has 1 N–H and O–H groups in total. The van der Waals surface area contributed by atoms with E-state index in [9.17, 15) is 5.11 Å². The smallest absolute Gasteiger partial charge is 0.132 e. The molecule has 0 spiro atoms. The van der Waals surface area contributed by atoms with Crippen molar-refractivity contribution in [3.05, 3.63) is 109 Å². The van der Waals surface area contributed by atoms with Gasteiger partial charge >= 0.3 is 0 Å². The van der Waals surface area contributed by atoms with E-state index in [4.69, 9.17) is 0 Å². The Hall–Kier alpha value is -3.65. The first kappa shape index (κ1) is 16.8. The molecule has 0 saturated heterocycles. The normalized spacial score (nSPS) is 11.0. The number of benzene rings is 4. The molecule has 4 aromatic carbocycles. The van der Waals surface area contributed by atoms with Crippen molar-refractivity contribution in [3.63, 3.8) is 0 Å². The quantitative estimate of drug-likeness (QED) is 0.420. The molecule has 0 saturated carbocycles. The summed E-state index contributed by atoms with van der Waals surface area (Å²) in [5.74, 6) is 0.238. The summed E-state index contributed by atoms with van der Waals surface area (Å²) in [4.78, 5) is 4.57. The van der Waals surface area contributed by atoms with Gasteiger partial charge in [-0.05, 0) is 34.9 Å². The third-order valence-electron chi connectivity index (χ3n) is 4.49. The molecule has 27 heavy (non-hydrogen) atoms. The maximum Gasteiger partial charge on any atom is 0.132 e. The molecule has 4 rings (SSSR count). The SMILES string of the molecule is Oc1c(-c2ccccc2)ccc(-c2ccccc2)c1C=Nc1ccccc1. The molecule has 0 aliphatic carbocycles. The summed E-state index contributed by atoms with van der Waals surface area (Å²) in [5.41, 5.74) is 5.33. The highest BCUT2D eigenvalue weighted by molar-refractivity contribution is 5.98. The van der Waals surface area contributed by atoms with E-state index >= 15 is 0 Å². The molecule has 2 nitrogen and oxygen atoms in total. The maximum atomic E-state index is 11.1. The Morgan fingerprint density at radius 2 is 1.04 bits per heavy atom. The van der Waals surface area contributed by atoms with Crippen molar-refractivity contribution >= 4 is 11.9 Å². The molecule has 4 aromatic rings. The first-order chi connectivity index (χ1) is 13.3. The van der Waals surface area contributed by atoms with Gasteiger partial charge in [0.05, 0.1) is 5.69 Å². The van der Waals surface area contributed by atoms with Crippen LogP contribution in [0.5, 0.6) is 5.75 Å². The van der Waals surface area contributed by atoms with E-state index in [1.54, 1.807) is 6.21 Å². The van der Waals surface area contributed by atoms with Gasteiger partial charge in [-0.15, -0.1) is 0 Å². The van der Waals surface area contributed by atoms with Crippen LogP contribution in [0.1, 0.15) is 5.56 Å². The van der Waals surface area contributed by atoms with E-state index in [0.29, 0.717) is 5.56 Å². The summed E-state index contributed by atoms with van der Waals surface area (Å²) in [7, 11) is 0. The van der Waals surface area contributed by atoms with Gasteiger partial charge in [0.1, 0.15) is 5.75 Å². The number of para-hydroxylation sites is 1. The predicted molar refractivity (Wildman–Crippen MR) is 113 cm³/mol. The van der Waals surface area contributed by atoms with Crippen molar-refractivity contribution in [2.75, 3.05) is 0 Å². The molecule has 0 atom stereocenters. The number of rotatable bonds is 4. The van der Waals surface area contributed by atoms with Crippen molar-refractivity contribution in [1.29, 1.82) is 0 Å². The number of aromatic hydroxyl groups is 1. The van der Waals surface area contributed by atoms with E-state index in [-0.39, 0.29) is 5.75 Å². The Morgan fingerprint density at radius 1 is 0.556 bits per heavy atom. The summed E-state index contributed by atoms with van der Waals surface area (Å²) in [6, 6.07) is 33.7. The molecule has 2 heteroatoms. The average molecular weight is 349 g/mol. The van der Waals surface area contributed by atoms with Crippen LogP contribution in [0.25, 0.3) is 22.3 Å². The van der Waals surface area contributed by atoms with E-state index < -0.39 is 0 Å². The number of hydrogen-bond donors (Lipinski definition) is 1. The second-order valence-electron chi connectivity index (χ2n) is 6.25. The standard InChI is InChI=1S/C25H19NO/c27-25-23(20-12-6-2-7-13-20)17-16-22(19-10-4-1-5-11-19)24(25)18-26-21-14-8-3-9-15-21/h1-18,27H. The van der Waals surface area contributed by atoms with Crippen molar-refractivity contribution < 1.29 is 5.11 Å². The lowest BCUT2D eigenvalue weighted by Crippen LogP contribution is -1.92. The molecule has 0 unspecified atom stereocenters. The lowest BCUT2D eigenvalue weighted by atomic mass is 9.94. The van der Waals surface area contributed by atoms with Crippen LogP contribution in [0.4, 0.5) is 5.69 Å². The Labute approximate surface area is 159 Å². The summed E-state index contributed by atoms with van der Waals surface area (Å²) in [6.45, 7) is 0. The predicted octanol–water partition coefficient (Wildman–Crippen LogP) is 6.48. The van der Waals surface area contributed by atoms with Crippen LogP contribution in [0.15, 0.2) is 108 Å². The fraction of sp³-hybridized carbons (Fsp3) is 0. The third kappa shape index (κ3) is 3.65. The highest BCUT2D eigenvalue weighted by Gasteiger charge is 2.14. The monoisotopic (exact) mass is 349 g/mol. The molecule has 0 aliphatic heterocycles. The van der Waals surface area contributed by atoms with E-state index in [1.807, 2.05) is 103 Å². The molecule has 0 aromatic heterocycles. The van der Waals surface area contributed by atoms with Crippen LogP contribution in [0.2, 0.25) is 0 Å². The van der Waals surface area contributed by atoms with Gasteiger partial charge in [0.2, 0.25) is 0 Å². The minimum absolute atomic E-state index is 0.238. The van der Waals surface area contributed by atoms with Crippen molar-refractivity contribution in [3.8, 4) is 28.0 Å². The maximum absolute atomic E-state index is 11.1. The fourth-order valence-corrected chi connectivity index (χ4v) is 3.11. The van der Waals surface area contributed by atoms with Crippen molar-refractivity contribution in [1.82, 2.24) is 0 Å². The first-order valence-corrected chi connectivity index (χ1v) is 8.89. The van der Waals surface area contributed by atoms with Gasteiger partial charge < -0.3 is 5.11 Å². The van der Waals surface area contributed by atoms with Crippen LogP contribution in [-0.4, -0.2) is 11.3 Å². The lowest BCUT2D eigenvalue weighted by Gasteiger charge is -2.13. The van der Waals surface area contributed by atoms with Gasteiger partial charge in [-0.2, -0.15) is 0 Å². The van der Waals surface area contributed by atoms with Gasteiger partial charge in [0.25, 0.3) is 0 Å². The Balaban J connectivity index is 1.87. The zero-order valence-corrected chi connectivity index (χ0v) is 14.8. The number of aliphatic imine (C=N–C) groups is 1. The van der Waals surface area contributed by atoms with Crippen molar-refractivity contribution in [2.24, 2.45) is 4.99 Å². The van der Waals surface area contributed by atoms with E-state index in [2.05, 4.69) is 4.99 Å². The molecular formula is C25H19NO. The number of phenols is 1. The van der Waals surface area contributed by atoms with Crippen LogP contribution < -0.4 is 0 Å². The second-order valence-corrected chi connectivity index (χ2v) is 6.25. The fourth-order valence-electron chi connectivity index (χ4n) is 3.11. The Kier molecular flexibility index (Phi) is 4.80.